The Bertz CT molecular complexity index is 668. The van der Waals surface area contributed by atoms with Gasteiger partial charge in [0.2, 0.25) is 5.91 Å². The van der Waals surface area contributed by atoms with Crippen LogP contribution in [0.1, 0.15) is 72.6 Å². The summed E-state index contributed by atoms with van der Waals surface area (Å²) in [4.78, 5) is 39.4. The summed E-state index contributed by atoms with van der Waals surface area (Å²) in [5.41, 5.74) is -0.664. The number of hydrogen-bond acceptors (Lipinski definition) is 5. The van der Waals surface area contributed by atoms with Gasteiger partial charge < -0.3 is 20.1 Å². The fraction of sp³-hybridized carbons (Fsp3) is 0.864. The number of carboxylic acid groups (broad SMARTS) is 1. The molecule has 2 saturated carbocycles. The Morgan fingerprint density at radius 2 is 1.97 bits per heavy atom. The minimum Gasteiger partial charge on any atom is -0.480 e. The van der Waals surface area contributed by atoms with E-state index in [9.17, 15) is 19.5 Å². The molecule has 2 aliphatic carbocycles. The summed E-state index contributed by atoms with van der Waals surface area (Å²) in [5.74, 6) is -1.00. The van der Waals surface area contributed by atoms with Crippen molar-refractivity contribution in [3.8, 4) is 0 Å². The molecule has 2 N–H and O–H groups in total. The molecule has 1 heterocycles. The van der Waals surface area contributed by atoms with E-state index in [0.29, 0.717) is 19.6 Å². The van der Waals surface area contributed by atoms with Crippen molar-refractivity contribution in [3.63, 3.8) is 0 Å². The van der Waals surface area contributed by atoms with Crippen LogP contribution in [0.2, 0.25) is 0 Å². The SMILES string of the molecule is CCOC(=O)C1(CN[C@@H](C)C(=O)N2[C@H]3CCCC[C@@]3(C)C[C@H]2C(=O)O)C[C@H]1CC. The molecule has 6 atom stereocenters. The first-order chi connectivity index (χ1) is 13.7. The quantitative estimate of drug-likeness (QED) is 0.599. The standard InChI is InChI=1S/C22H36N2O5/c1-5-15-11-22(15,20(28)29-6-2)13-23-14(3)18(25)24-16(19(26)27)12-21(4)10-8-7-9-17(21)24/h14-17,23H,5-13H2,1-4H3,(H,26,27)/t14-,15+,16-,17-,21-,22?/m0/s1. The third kappa shape index (κ3) is 3.90. The van der Waals surface area contributed by atoms with Crippen molar-refractivity contribution in [2.45, 2.75) is 90.8 Å². The summed E-state index contributed by atoms with van der Waals surface area (Å²) in [7, 11) is 0. The fourth-order valence-electron chi connectivity index (χ4n) is 5.74. The van der Waals surface area contributed by atoms with Gasteiger partial charge in [0.25, 0.3) is 0 Å². The first-order valence-corrected chi connectivity index (χ1v) is 11.2. The molecule has 29 heavy (non-hydrogen) atoms. The van der Waals surface area contributed by atoms with E-state index in [4.69, 9.17) is 4.74 Å². The molecule has 3 aliphatic rings. The topological polar surface area (TPSA) is 95.9 Å². The minimum atomic E-state index is -0.919. The highest BCUT2D eigenvalue weighted by molar-refractivity contribution is 5.88. The molecule has 3 rings (SSSR count). The molecule has 0 spiro atoms. The minimum absolute atomic E-state index is 0.0163. The van der Waals surface area contributed by atoms with E-state index in [1.165, 1.54) is 0 Å². The molecule has 0 bridgehead atoms. The van der Waals surface area contributed by atoms with Gasteiger partial charge in [-0.25, -0.2) is 4.79 Å². The monoisotopic (exact) mass is 408 g/mol. The molecule has 0 aromatic carbocycles. The second-order valence-corrected chi connectivity index (χ2v) is 9.51. The van der Waals surface area contributed by atoms with Gasteiger partial charge in [-0.15, -0.1) is 0 Å². The average Bonchev–Trinajstić information content (AvgIpc) is 3.32. The number of aliphatic carboxylic acids is 1. The number of rotatable bonds is 8. The first-order valence-electron chi connectivity index (χ1n) is 11.2. The van der Waals surface area contributed by atoms with Gasteiger partial charge in [-0.3, -0.25) is 9.59 Å². The molecule has 0 aromatic rings. The molecule has 3 fully saturated rings. The Kier molecular flexibility index (Phi) is 6.27. The van der Waals surface area contributed by atoms with Gasteiger partial charge in [-0.05, 0) is 50.9 Å². The van der Waals surface area contributed by atoms with Crippen molar-refractivity contribution in [2.75, 3.05) is 13.2 Å². The van der Waals surface area contributed by atoms with Crippen molar-refractivity contribution in [1.82, 2.24) is 10.2 Å². The zero-order valence-electron chi connectivity index (χ0n) is 18.2. The number of esters is 1. The molecule has 164 valence electrons. The number of amides is 1. The maximum absolute atomic E-state index is 13.3. The number of likely N-dealkylation sites (tertiary alicyclic amines) is 1. The van der Waals surface area contributed by atoms with Crippen LogP contribution in [-0.4, -0.2) is 59.1 Å². The molecule has 0 radical (unpaired) electrons. The number of carbonyl (C=O) groups excluding carboxylic acids is 2. The van der Waals surface area contributed by atoms with Gasteiger partial charge in [0.15, 0.2) is 0 Å². The maximum atomic E-state index is 13.3. The molecular weight excluding hydrogens is 372 g/mol. The van der Waals surface area contributed by atoms with Gasteiger partial charge in [-0.1, -0.05) is 33.1 Å². The number of fused-ring (bicyclic) bond motifs is 1. The van der Waals surface area contributed by atoms with E-state index in [1.54, 1.807) is 18.7 Å². The van der Waals surface area contributed by atoms with Gasteiger partial charge in [-0.2, -0.15) is 0 Å². The first kappa shape index (κ1) is 22.1. The number of hydrogen-bond donors (Lipinski definition) is 2. The van der Waals surface area contributed by atoms with Crippen LogP contribution in [0.25, 0.3) is 0 Å². The van der Waals surface area contributed by atoms with Crippen molar-refractivity contribution in [1.29, 1.82) is 0 Å². The highest BCUT2D eigenvalue weighted by atomic mass is 16.5. The lowest BCUT2D eigenvalue weighted by Gasteiger charge is -2.40. The van der Waals surface area contributed by atoms with Gasteiger partial charge in [0, 0.05) is 12.6 Å². The van der Waals surface area contributed by atoms with Crippen LogP contribution in [0, 0.1) is 16.7 Å². The smallest absolute Gasteiger partial charge is 0.326 e. The number of carboxylic acids is 1. The number of ether oxygens (including phenoxy) is 1. The molecule has 1 saturated heterocycles. The highest BCUT2D eigenvalue weighted by Crippen LogP contribution is 2.55. The maximum Gasteiger partial charge on any atom is 0.326 e. The van der Waals surface area contributed by atoms with Crippen LogP contribution in [0.5, 0.6) is 0 Å². The second kappa shape index (κ2) is 8.25. The van der Waals surface area contributed by atoms with Crippen molar-refractivity contribution < 1.29 is 24.2 Å². The molecule has 1 unspecified atom stereocenters. The Hall–Kier alpha value is -1.63. The zero-order chi connectivity index (χ0) is 21.4. The molecule has 1 amide bonds. The lowest BCUT2D eigenvalue weighted by molar-refractivity contribution is -0.151. The fourth-order valence-corrected chi connectivity index (χ4v) is 5.74. The molecule has 0 aromatic heterocycles. The third-order valence-electron chi connectivity index (χ3n) is 7.65. The van der Waals surface area contributed by atoms with E-state index in [2.05, 4.69) is 19.2 Å². The Balaban J connectivity index is 1.70. The zero-order valence-corrected chi connectivity index (χ0v) is 18.2. The second-order valence-electron chi connectivity index (χ2n) is 9.51. The van der Waals surface area contributed by atoms with Gasteiger partial charge >= 0.3 is 11.9 Å². The summed E-state index contributed by atoms with van der Waals surface area (Å²) in [6, 6.07) is -1.31. The summed E-state index contributed by atoms with van der Waals surface area (Å²) < 4.78 is 5.27. The predicted octanol–water partition coefficient (Wildman–Crippen LogP) is 2.58. The van der Waals surface area contributed by atoms with Crippen molar-refractivity contribution in [3.05, 3.63) is 0 Å². The lowest BCUT2D eigenvalue weighted by Crippen LogP contribution is -2.54. The lowest BCUT2D eigenvalue weighted by atomic mass is 9.71. The summed E-state index contributed by atoms with van der Waals surface area (Å²) in [6.45, 7) is 8.51. The van der Waals surface area contributed by atoms with Gasteiger partial charge in [0.05, 0.1) is 18.1 Å². The summed E-state index contributed by atoms with van der Waals surface area (Å²) >= 11 is 0. The van der Waals surface area contributed by atoms with Crippen LogP contribution in [0.4, 0.5) is 0 Å². The van der Waals surface area contributed by atoms with E-state index in [-0.39, 0.29) is 29.3 Å². The van der Waals surface area contributed by atoms with Crippen LogP contribution < -0.4 is 5.32 Å². The number of carbonyl (C=O) groups is 3. The van der Waals surface area contributed by atoms with E-state index >= 15 is 0 Å². The molecule has 1 aliphatic heterocycles. The van der Waals surface area contributed by atoms with E-state index in [1.807, 2.05) is 0 Å². The highest BCUT2D eigenvalue weighted by Gasteiger charge is 2.60. The third-order valence-corrected chi connectivity index (χ3v) is 7.65. The molecule has 7 nitrogen and oxygen atoms in total. The van der Waals surface area contributed by atoms with Crippen LogP contribution in [-0.2, 0) is 19.1 Å². The van der Waals surface area contributed by atoms with Crippen molar-refractivity contribution >= 4 is 17.8 Å². The predicted molar refractivity (Wildman–Crippen MR) is 108 cm³/mol. The van der Waals surface area contributed by atoms with Gasteiger partial charge in [0.1, 0.15) is 6.04 Å². The van der Waals surface area contributed by atoms with Crippen LogP contribution in [0.3, 0.4) is 0 Å². The largest absolute Gasteiger partial charge is 0.480 e. The normalized spacial score (nSPS) is 37.0. The Morgan fingerprint density at radius 1 is 1.24 bits per heavy atom. The van der Waals surface area contributed by atoms with Crippen LogP contribution >= 0.6 is 0 Å². The summed E-state index contributed by atoms with van der Waals surface area (Å²) in [5, 5.41) is 13.0. The van der Waals surface area contributed by atoms with E-state index in [0.717, 1.165) is 38.5 Å². The average molecular weight is 409 g/mol. The molecule has 7 heteroatoms. The number of nitrogens with one attached hydrogen (secondary N) is 1. The summed E-state index contributed by atoms with van der Waals surface area (Å²) in [6.07, 6.45) is 6.16. The Morgan fingerprint density at radius 3 is 2.55 bits per heavy atom. The Labute approximate surface area is 173 Å². The molecular formula is C22H36N2O5. The van der Waals surface area contributed by atoms with Crippen molar-refractivity contribution in [2.24, 2.45) is 16.7 Å². The van der Waals surface area contributed by atoms with Crippen LogP contribution in [0.15, 0.2) is 0 Å². The van der Waals surface area contributed by atoms with E-state index < -0.39 is 23.5 Å². The number of nitrogens with zero attached hydrogens (tertiary/aromatic N) is 1.